The first-order valence-corrected chi connectivity index (χ1v) is 4.17. The Morgan fingerprint density at radius 1 is 1.33 bits per heavy atom. The molecule has 50 valence electrons. The highest BCUT2D eigenvalue weighted by molar-refractivity contribution is 8.07. The summed E-state index contributed by atoms with van der Waals surface area (Å²) in [5.74, 6) is 1.30. The van der Waals surface area contributed by atoms with Crippen molar-refractivity contribution >= 4 is 11.8 Å². The summed E-state index contributed by atoms with van der Waals surface area (Å²) in [5, 5.41) is 0. The fourth-order valence-electron chi connectivity index (χ4n) is 0.947. The molecule has 0 bridgehead atoms. The van der Waals surface area contributed by atoms with Crippen LogP contribution >= 0.6 is 11.8 Å². The zero-order valence-electron chi connectivity index (χ0n) is 5.60. The molecule has 0 unspecified atom stereocenters. The molecule has 1 aliphatic heterocycles. The smallest absolute Gasteiger partial charge is 0.0319 e. The quantitative estimate of drug-likeness (QED) is 0.427. The van der Waals surface area contributed by atoms with E-state index in [1.807, 2.05) is 23.9 Å². The Hall–Kier alpha value is -0.170. The highest BCUT2D eigenvalue weighted by Gasteiger charge is 2.40. The second kappa shape index (κ2) is 2.61. The standard InChI is InChI=1S/C8H12S/c1-3-5-8(6-4-2)7-9-8/h3-4H,1-2,5-7H2. The van der Waals surface area contributed by atoms with Crippen LogP contribution in [0, 0.1) is 0 Å². The highest BCUT2D eigenvalue weighted by Crippen LogP contribution is 2.50. The van der Waals surface area contributed by atoms with Crippen LogP contribution < -0.4 is 0 Å². The summed E-state index contributed by atoms with van der Waals surface area (Å²) in [5.41, 5.74) is 0. The summed E-state index contributed by atoms with van der Waals surface area (Å²) in [6.07, 6.45) is 6.29. The molecule has 0 atom stereocenters. The van der Waals surface area contributed by atoms with E-state index >= 15 is 0 Å². The third kappa shape index (κ3) is 1.62. The predicted molar refractivity (Wildman–Crippen MR) is 44.8 cm³/mol. The SMILES string of the molecule is C=CCC1(CC=C)CS1. The van der Waals surface area contributed by atoms with Gasteiger partial charge in [0.05, 0.1) is 0 Å². The fourth-order valence-corrected chi connectivity index (χ4v) is 1.86. The lowest BCUT2D eigenvalue weighted by Gasteiger charge is -2.04. The number of allylic oxidation sites excluding steroid dienone is 2. The molecule has 0 spiro atoms. The molecule has 0 nitrogen and oxygen atoms in total. The zero-order valence-corrected chi connectivity index (χ0v) is 6.41. The number of rotatable bonds is 4. The number of hydrogen-bond acceptors (Lipinski definition) is 1. The van der Waals surface area contributed by atoms with E-state index in [2.05, 4.69) is 13.2 Å². The first-order chi connectivity index (χ1) is 4.33. The van der Waals surface area contributed by atoms with Gasteiger partial charge in [-0.15, -0.1) is 13.2 Å². The minimum Gasteiger partial charge on any atom is -0.152 e. The van der Waals surface area contributed by atoms with Gasteiger partial charge in [-0.25, -0.2) is 0 Å². The molecular weight excluding hydrogens is 128 g/mol. The molecule has 0 aromatic carbocycles. The molecule has 1 fully saturated rings. The molecule has 0 aliphatic carbocycles. The Morgan fingerprint density at radius 2 is 1.78 bits per heavy atom. The van der Waals surface area contributed by atoms with Gasteiger partial charge in [-0.1, -0.05) is 12.2 Å². The van der Waals surface area contributed by atoms with Crippen LogP contribution in [0.25, 0.3) is 0 Å². The van der Waals surface area contributed by atoms with Crippen molar-refractivity contribution in [2.45, 2.75) is 17.6 Å². The monoisotopic (exact) mass is 140 g/mol. The van der Waals surface area contributed by atoms with E-state index in [1.165, 1.54) is 5.75 Å². The molecule has 1 saturated heterocycles. The Bertz CT molecular complexity index is 111. The van der Waals surface area contributed by atoms with E-state index in [-0.39, 0.29) is 0 Å². The molecule has 0 aromatic rings. The molecular formula is C8H12S. The lowest BCUT2D eigenvalue weighted by Crippen LogP contribution is -2.04. The molecule has 0 aromatic heterocycles. The van der Waals surface area contributed by atoms with Gasteiger partial charge in [0.2, 0.25) is 0 Å². The Balaban J connectivity index is 2.32. The minimum absolute atomic E-state index is 0.531. The summed E-state index contributed by atoms with van der Waals surface area (Å²) >= 11 is 2.02. The van der Waals surface area contributed by atoms with Gasteiger partial charge in [-0.3, -0.25) is 0 Å². The van der Waals surface area contributed by atoms with Crippen LogP contribution in [0.5, 0.6) is 0 Å². The van der Waals surface area contributed by atoms with E-state index in [0.717, 1.165) is 12.8 Å². The fraction of sp³-hybridized carbons (Fsp3) is 0.500. The van der Waals surface area contributed by atoms with Gasteiger partial charge >= 0.3 is 0 Å². The van der Waals surface area contributed by atoms with Crippen LogP contribution in [-0.4, -0.2) is 10.5 Å². The summed E-state index contributed by atoms with van der Waals surface area (Å²) in [6, 6.07) is 0. The van der Waals surface area contributed by atoms with Crippen molar-refractivity contribution < 1.29 is 0 Å². The van der Waals surface area contributed by atoms with E-state index in [9.17, 15) is 0 Å². The second-order valence-corrected chi connectivity index (χ2v) is 3.90. The van der Waals surface area contributed by atoms with Crippen LogP contribution in [0.15, 0.2) is 25.3 Å². The summed E-state index contributed by atoms with van der Waals surface area (Å²) < 4.78 is 0.531. The van der Waals surface area contributed by atoms with E-state index < -0.39 is 0 Å². The average molecular weight is 140 g/mol. The summed E-state index contributed by atoms with van der Waals surface area (Å²) in [6.45, 7) is 7.44. The van der Waals surface area contributed by atoms with E-state index in [1.54, 1.807) is 0 Å². The van der Waals surface area contributed by atoms with Crippen LogP contribution in [0.1, 0.15) is 12.8 Å². The van der Waals surface area contributed by atoms with Gasteiger partial charge < -0.3 is 0 Å². The molecule has 0 radical (unpaired) electrons. The maximum atomic E-state index is 3.72. The Morgan fingerprint density at radius 3 is 2.00 bits per heavy atom. The van der Waals surface area contributed by atoms with Crippen molar-refractivity contribution in [1.82, 2.24) is 0 Å². The Kier molecular flexibility index (Phi) is 2.01. The van der Waals surface area contributed by atoms with Crippen LogP contribution in [0.2, 0.25) is 0 Å². The maximum absolute atomic E-state index is 3.72. The van der Waals surface area contributed by atoms with Crippen molar-refractivity contribution in [2.24, 2.45) is 0 Å². The van der Waals surface area contributed by atoms with Gasteiger partial charge in [0.1, 0.15) is 0 Å². The zero-order chi connectivity index (χ0) is 6.74. The van der Waals surface area contributed by atoms with E-state index in [4.69, 9.17) is 0 Å². The van der Waals surface area contributed by atoms with Crippen molar-refractivity contribution in [3.05, 3.63) is 25.3 Å². The Labute approximate surface area is 61.0 Å². The molecule has 1 heteroatoms. The van der Waals surface area contributed by atoms with Crippen molar-refractivity contribution in [2.75, 3.05) is 5.75 Å². The van der Waals surface area contributed by atoms with Gasteiger partial charge in [-0.2, -0.15) is 11.8 Å². The molecule has 0 saturated carbocycles. The topological polar surface area (TPSA) is 0 Å². The highest BCUT2D eigenvalue weighted by atomic mass is 32.2. The predicted octanol–water partition coefficient (Wildman–Crippen LogP) is 2.62. The maximum Gasteiger partial charge on any atom is 0.0319 e. The first-order valence-electron chi connectivity index (χ1n) is 3.19. The molecule has 0 amide bonds. The molecule has 1 rings (SSSR count). The normalized spacial score (nSPS) is 20.9. The van der Waals surface area contributed by atoms with Gasteiger partial charge in [0, 0.05) is 10.5 Å². The van der Waals surface area contributed by atoms with E-state index in [0.29, 0.717) is 4.75 Å². The number of hydrogen-bond donors (Lipinski definition) is 0. The van der Waals surface area contributed by atoms with Gasteiger partial charge in [-0.05, 0) is 12.8 Å². The molecule has 9 heavy (non-hydrogen) atoms. The van der Waals surface area contributed by atoms with Crippen LogP contribution in [-0.2, 0) is 0 Å². The number of thioether (sulfide) groups is 1. The third-order valence-corrected chi connectivity index (χ3v) is 3.02. The molecule has 1 heterocycles. The summed E-state index contributed by atoms with van der Waals surface area (Å²) in [7, 11) is 0. The van der Waals surface area contributed by atoms with Gasteiger partial charge in [0.15, 0.2) is 0 Å². The summed E-state index contributed by atoms with van der Waals surface area (Å²) in [4.78, 5) is 0. The average Bonchev–Trinajstić information content (AvgIpc) is 2.51. The van der Waals surface area contributed by atoms with Crippen molar-refractivity contribution in [1.29, 1.82) is 0 Å². The lowest BCUT2D eigenvalue weighted by molar-refractivity contribution is 0.742. The van der Waals surface area contributed by atoms with Crippen LogP contribution in [0.3, 0.4) is 0 Å². The van der Waals surface area contributed by atoms with Crippen LogP contribution in [0.4, 0.5) is 0 Å². The van der Waals surface area contributed by atoms with Gasteiger partial charge in [0.25, 0.3) is 0 Å². The first kappa shape index (κ1) is 6.94. The lowest BCUT2D eigenvalue weighted by atomic mass is 10.0. The largest absolute Gasteiger partial charge is 0.152 e. The van der Waals surface area contributed by atoms with Crippen molar-refractivity contribution in [3.63, 3.8) is 0 Å². The minimum atomic E-state index is 0.531. The molecule has 0 N–H and O–H groups in total. The van der Waals surface area contributed by atoms with Crippen molar-refractivity contribution in [3.8, 4) is 0 Å². The third-order valence-electron chi connectivity index (χ3n) is 1.59. The molecule has 1 aliphatic rings. The second-order valence-electron chi connectivity index (χ2n) is 2.46.